The Labute approximate surface area is 239 Å². The summed E-state index contributed by atoms with van der Waals surface area (Å²) in [7, 11) is 0. The smallest absolute Gasteiger partial charge is 0.216 e. The van der Waals surface area contributed by atoms with Crippen LogP contribution in [0.25, 0.3) is 11.0 Å². The molecule has 0 saturated carbocycles. The van der Waals surface area contributed by atoms with E-state index in [0.29, 0.717) is 22.3 Å². The average Bonchev–Trinajstić information content (AvgIpc) is 3.20. The summed E-state index contributed by atoms with van der Waals surface area (Å²) in [5.74, 6) is 1.78. The predicted molar refractivity (Wildman–Crippen MR) is 152 cm³/mol. The topological polar surface area (TPSA) is 65.3 Å². The number of piperidine rings is 1. The first-order valence-electron chi connectivity index (χ1n) is 12.9. The van der Waals surface area contributed by atoms with Crippen LogP contribution in [0.4, 0.5) is 4.39 Å². The molecule has 1 unspecified atom stereocenters. The monoisotopic (exact) mass is 647 g/mol. The van der Waals surface area contributed by atoms with Crippen LogP contribution in [0.2, 0.25) is 5.02 Å². The first kappa shape index (κ1) is 25.9. The standard InChI is InChI=1S/C28H28ClFIN5O2/c29-19-2-1-18(23(30)14-19)13-26-32-9-5-28(34-26)38-21-6-10-35(11-7-21)17-27-33-24-15-20(31)3-4-25(24)36(27)16-22-8-12-37-22/h1-5,9,14-15,21-22H,6-8,10-13,16-17H2. The Morgan fingerprint density at radius 3 is 2.68 bits per heavy atom. The average molecular weight is 648 g/mol. The highest BCUT2D eigenvalue weighted by atomic mass is 127. The van der Waals surface area contributed by atoms with Gasteiger partial charge in [-0.2, -0.15) is 4.98 Å². The van der Waals surface area contributed by atoms with E-state index in [1.807, 2.05) is 0 Å². The largest absolute Gasteiger partial charge is 0.474 e. The van der Waals surface area contributed by atoms with Crippen molar-refractivity contribution in [3.05, 3.63) is 80.3 Å². The van der Waals surface area contributed by atoms with Crippen LogP contribution in [0.15, 0.2) is 48.7 Å². The molecule has 2 aromatic carbocycles. The quantitative estimate of drug-likeness (QED) is 0.231. The van der Waals surface area contributed by atoms with Gasteiger partial charge in [-0.1, -0.05) is 17.7 Å². The molecule has 2 aromatic heterocycles. The molecule has 2 aliphatic heterocycles. The van der Waals surface area contributed by atoms with E-state index in [0.717, 1.165) is 63.4 Å². The van der Waals surface area contributed by atoms with Gasteiger partial charge in [-0.3, -0.25) is 4.90 Å². The lowest BCUT2D eigenvalue weighted by Crippen LogP contribution is -2.39. The number of aromatic nitrogens is 4. The number of rotatable bonds is 8. The fourth-order valence-corrected chi connectivity index (χ4v) is 5.67. The van der Waals surface area contributed by atoms with Crippen LogP contribution in [0, 0.1) is 9.39 Å². The van der Waals surface area contributed by atoms with Gasteiger partial charge in [0.2, 0.25) is 5.88 Å². The summed E-state index contributed by atoms with van der Waals surface area (Å²) in [4.78, 5) is 16.3. The summed E-state index contributed by atoms with van der Waals surface area (Å²) in [6.07, 6.45) is 5.20. The molecular weight excluding hydrogens is 620 g/mol. The molecule has 2 aliphatic rings. The molecule has 0 radical (unpaired) electrons. The molecular formula is C28H28ClFIN5O2. The molecule has 2 fully saturated rings. The van der Waals surface area contributed by atoms with Gasteiger partial charge in [-0.15, -0.1) is 0 Å². The molecule has 38 heavy (non-hydrogen) atoms. The number of hydrogen-bond donors (Lipinski definition) is 0. The van der Waals surface area contributed by atoms with E-state index < -0.39 is 0 Å². The van der Waals surface area contributed by atoms with Crippen LogP contribution < -0.4 is 4.74 Å². The van der Waals surface area contributed by atoms with Crippen molar-refractivity contribution < 1.29 is 13.9 Å². The maximum absolute atomic E-state index is 14.2. The summed E-state index contributed by atoms with van der Waals surface area (Å²) in [5, 5.41) is 0.370. The zero-order valence-electron chi connectivity index (χ0n) is 20.8. The minimum Gasteiger partial charge on any atom is -0.474 e. The van der Waals surface area contributed by atoms with E-state index >= 15 is 0 Å². The number of nitrogens with zero attached hydrogens (tertiary/aromatic N) is 5. The molecule has 4 heterocycles. The van der Waals surface area contributed by atoms with Crippen molar-refractivity contribution in [2.24, 2.45) is 0 Å². The van der Waals surface area contributed by atoms with Gasteiger partial charge in [0.15, 0.2) is 0 Å². The molecule has 2 saturated heterocycles. The molecule has 0 amide bonds. The van der Waals surface area contributed by atoms with Crippen LogP contribution in [-0.2, 0) is 24.2 Å². The van der Waals surface area contributed by atoms with Crippen molar-refractivity contribution >= 4 is 45.2 Å². The molecule has 1 atom stereocenters. The third-order valence-electron chi connectivity index (χ3n) is 7.20. The molecule has 10 heteroatoms. The molecule has 0 spiro atoms. The van der Waals surface area contributed by atoms with Crippen molar-refractivity contribution in [1.29, 1.82) is 0 Å². The van der Waals surface area contributed by atoms with Gasteiger partial charge < -0.3 is 14.0 Å². The van der Waals surface area contributed by atoms with Gasteiger partial charge in [-0.05, 0) is 77.7 Å². The van der Waals surface area contributed by atoms with Crippen LogP contribution >= 0.6 is 34.2 Å². The molecule has 198 valence electrons. The second kappa shape index (κ2) is 11.4. The first-order valence-corrected chi connectivity index (χ1v) is 14.4. The minimum atomic E-state index is -0.358. The zero-order valence-corrected chi connectivity index (χ0v) is 23.7. The highest BCUT2D eigenvalue weighted by Crippen LogP contribution is 2.25. The van der Waals surface area contributed by atoms with Gasteiger partial charge in [0, 0.05) is 47.0 Å². The Bertz CT molecular complexity index is 1440. The van der Waals surface area contributed by atoms with Crippen molar-refractivity contribution in [3.8, 4) is 5.88 Å². The van der Waals surface area contributed by atoms with Gasteiger partial charge in [0.05, 0.1) is 30.2 Å². The molecule has 0 bridgehead atoms. The Kier molecular flexibility index (Phi) is 7.78. The number of fused-ring (bicyclic) bond motifs is 1. The predicted octanol–water partition coefficient (Wildman–Crippen LogP) is 5.65. The van der Waals surface area contributed by atoms with E-state index in [9.17, 15) is 4.39 Å². The Morgan fingerprint density at radius 1 is 1.08 bits per heavy atom. The zero-order chi connectivity index (χ0) is 26.1. The molecule has 6 rings (SSSR count). The Morgan fingerprint density at radius 2 is 1.92 bits per heavy atom. The normalized spacial score (nSPS) is 18.6. The lowest BCUT2D eigenvalue weighted by Gasteiger charge is -2.32. The highest BCUT2D eigenvalue weighted by molar-refractivity contribution is 14.1. The van der Waals surface area contributed by atoms with Crippen molar-refractivity contribution in [2.75, 3.05) is 19.7 Å². The van der Waals surface area contributed by atoms with Gasteiger partial charge in [0.25, 0.3) is 0 Å². The lowest BCUT2D eigenvalue weighted by molar-refractivity contribution is -0.0592. The third kappa shape index (κ3) is 5.95. The van der Waals surface area contributed by atoms with E-state index in [1.54, 1.807) is 24.4 Å². The summed E-state index contributed by atoms with van der Waals surface area (Å²) >= 11 is 8.20. The van der Waals surface area contributed by atoms with Gasteiger partial charge >= 0.3 is 0 Å². The molecule has 7 nitrogen and oxygen atoms in total. The van der Waals surface area contributed by atoms with E-state index in [-0.39, 0.29) is 24.4 Å². The van der Waals surface area contributed by atoms with Crippen LogP contribution in [0.1, 0.15) is 36.5 Å². The number of ether oxygens (including phenoxy) is 2. The summed E-state index contributed by atoms with van der Waals surface area (Å²) in [6.45, 7) is 4.33. The summed E-state index contributed by atoms with van der Waals surface area (Å²) < 4.78 is 29.7. The molecule has 4 aromatic rings. The van der Waals surface area contributed by atoms with Crippen LogP contribution in [0.3, 0.4) is 0 Å². The SMILES string of the molecule is Fc1cc(Cl)ccc1Cc1nccc(OC2CCN(Cc3nc4cc(I)ccc4n3CC3CCO3)CC2)n1. The third-order valence-corrected chi connectivity index (χ3v) is 8.11. The Hall–Kier alpha value is -2.34. The van der Waals surface area contributed by atoms with Gasteiger partial charge in [0.1, 0.15) is 23.6 Å². The second-order valence-electron chi connectivity index (χ2n) is 9.87. The fourth-order valence-electron chi connectivity index (χ4n) is 5.03. The van der Waals surface area contributed by atoms with E-state index in [1.165, 1.54) is 15.2 Å². The van der Waals surface area contributed by atoms with Crippen molar-refractivity contribution in [2.45, 2.75) is 51.0 Å². The van der Waals surface area contributed by atoms with Crippen LogP contribution in [0.5, 0.6) is 5.88 Å². The maximum atomic E-state index is 14.2. The van der Waals surface area contributed by atoms with E-state index in [2.05, 4.69) is 60.2 Å². The van der Waals surface area contributed by atoms with Crippen molar-refractivity contribution in [1.82, 2.24) is 24.4 Å². The second-order valence-corrected chi connectivity index (χ2v) is 11.6. The maximum Gasteiger partial charge on any atom is 0.216 e. The first-order chi connectivity index (χ1) is 18.5. The van der Waals surface area contributed by atoms with E-state index in [4.69, 9.17) is 26.1 Å². The molecule has 0 N–H and O–H groups in total. The van der Waals surface area contributed by atoms with Gasteiger partial charge in [-0.25, -0.2) is 14.4 Å². The van der Waals surface area contributed by atoms with Crippen LogP contribution in [-0.4, -0.2) is 56.3 Å². The Balaban J connectivity index is 1.07. The number of benzene rings is 2. The summed E-state index contributed by atoms with van der Waals surface area (Å²) in [6, 6.07) is 12.9. The highest BCUT2D eigenvalue weighted by Gasteiger charge is 2.25. The summed E-state index contributed by atoms with van der Waals surface area (Å²) in [5.41, 5.74) is 2.72. The lowest BCUT2D eigenvalue weighted by atomic mass is 10.1. The minimum absolute atomic E-state index is 0.0741. The number of hydrogen-bond acceptors (Lipinski definition) is 6. The number of imidazole rings is 1. The molecule has 0 aliphatic carbocycles. The fraction of sp³-hybridized carbons (Fsp3) is 0.393. The number of likely N-dealkylation sites (tertiary alicyclic amines) is 1. The number of halogens is 3. The van der Waals surface area contributed by atoms with Crippen molar-refractivity contribution in [3.63, 3.8) is 0 Å².